The molecule has 0 aliphatic heterocycles. The van der Waals surface area contributed by atoms with Crippen molar-refractivity contribution in [3.8, 4) is 0 Å². The van der Waals surface area contributed by atoms with E-state index in [1.807, 2.05) is 10.9 Å². The molecule has 8 N–H and O–H groups in total. The number of thiocarbonyl (C=S) groups is 2. The van der Waals surface area contributed by atoms with E-state index in [1.54, 1.807) is 0 Å². The minimum absolute atomic E-state index is 0. The molecular formula is C21H27N4O2PS2. The Bertz CT molecular complexity index is 749. The Hall–Kier alpha value is -2.61. The second-order valence-corrected chi connectivity index (χ2v) is 8.23. The Labute approximate surface area is 189 Å². The normalized spacial score (nSPS) is 8.90. The summed E-state index contributed by atoms with van der Waals surface area (Å²) in [7, 11) is -0.446. The summed E-state index contributed by atoms with van der Waals surface area (Å²) >= 11 is 8.03. The Morgan fingerprint density at radius 2 is 0.800 bits per heavy atom. The molecule has 0 heterocycles. The summed E-state index contributed by atoms with van der Waals surface area (Å²) in [6.07, 6.45) is 0. The number of benzene rings is 3. The molecule has 3 aromatic carbocycles. The number of aliphatic hydroxyl groups is 2. The Balaban J connectivity index is 0.000000646. The molecule has 0 atom stereocenters. The molecule has 0 radical (unpaired) electrons. The molecule has 0 saturated carbocycles. The van der Waals surface area contributed by atoms with Crippen LogP contribution in [-0.4, -0.2) is 20.6 Å². The first kappa shape index (κ1) is 27.4. The van der Waals surface area contributed by atoms with Crippen molar-refractivity contribution in [2.75, 3.05) is 0 Å². The molecule has 3 aromatic rings. The van der Waals surface area contributed by atoms with Gasteiger partial charge in [0, 0.05) is 0 Å². The molecule has 0 amide bonds. The van der Waals surface area contributed by atoms with Crippen LogP contribution in [-0.2, 0) is 0 Å². The fourth-order valence-electron chi connectivity index (χ4n) is 2.18. The maximum Gasteiger partial charge on any atom is 0.268 e. The van der Waals surface area contributed by atoms with E-state index in [4.69, 9.17) is 10.2 Å². The fraction of sp³-hybridized carbons (Fsp3) is 0.0476. The number of rotatable bonds is 3. The van der Waals surface area contributed by atoms with Crippen LogP contribution in [0.4, 0.5) is 0 Å². The van der Waals surface area contributed by atoms with Crippen LogP contribution in [0.15, 0.2) is 91.0 Å². The van der Waals surface area contributed by atoms with E-state index >= 15 is 0 Å². The zero-order valence-corrected chi connectivity index (χ0v) is 18.0. The molecule has 6 nitrogen and oxygen atoms in total. The van der Waals surface area contributed by atoms with Gasteiger partial charge in [-0.15, -0.1) is 0 Å². The molecule has 0 aromatic heterocycles. The third-order valence-electron chi connectivity index (χ3n) is 3.29. The highest BCUT2D eigenvalue weighted by atomic mass is 32.1. The van der Waals surface area contributed by atoms with Crippen LogP contribution in [0.5, 0.6) is 0 Å². The summed E-state index contributed by atoms with van der Waals surface area (Å²) < 4.78 is 0. The van der Waals surface area contributed by atoms with Crippen molar-refractivity contribution < 1.29 is 10.2 Å². The molecule has 160 valence electrons. The van der Waals surface area contributed by atoms with E-state index in [9.17, 15) is 0 Å². The van der Waals surface area contributed by atoms with Crippen molar-refractivity contribution in [2.45, 2.75) is 7.43 Å². The van der Waals surface area contributed by atoms with Crippen LogP contribution in [0.3, 0.4) is 0 Å². The van der Waals surface area contributed by atoms with Crippen molar-refractivity contribution in [1.82, 2.24) is 10.9 Å². The monoisotopic (exact) mass is 462 g/mol. The van der Waals surface area contributed by atoms with Crippen molar-refractivity contribution >= 4 is 58.6 Å². The summed E-state index contributed by atoms with van der Waals surface area (Å²) in [4.78, 5) is 0. The van der Waals surface area contributed by atoms with E-state index < -0.39 is 7.92 Å². The van der Waals surface area contributed by atoms with Crippen LogP contribution in [0.1, 0.15) is 7.43 Å². The zero-order chi connectivity index (χ0) is 21.5. The van der Waals surface area contributed by atoms with Gasteiger partial charge in [-0.05, 0) is 48.3 Å². The van der Waals surface area contributed by atoms with E-state index in [2.05, 4.69) is 127 Å². The summed E-state index contributed by atoms with van der Waals surface area (Å²) in [5, 5.41) is 19.1. The first-order valence-corrected chi connectivity index (χ1v) is 10.5. The van der Waals surface area contributed by atoms with Gasteiger partial charge in [-0.3, -0.25) is 10.9 Å². The molecule has 3 rings (SSSR count). The standard InChI is InChI=1S/C18H15P.2CH4N2OS.CH4/c1-4-10-16(11-5-1)19(17-12-6-2-7-13-17)18-14-8-3-9-15-18;2*2-3-1(4)5;/h1-15H;2*2H2,(H2,3,4,5);1H4. The van der Waals surface area contributed by atoms with Gasteiger partial charge in [0.15, 0.2) is 0 Å². The molecule has 0 spiro atoms. The summed E-state index contributed by atoms with van der Waals surface area (Å²) in [5.74, 6) is 9.06. The topological polar surface area (TPSA) is 117 Å². The number of hydrogen-bond acceptors (Lipinski definition) is 4. The highest BCUT2D eigenvalue weighted by molar-refractivity contribution is 7.80. The van der Waals surface area contributed by atoms with Crippen molar-refractivity contribution in [3.63, 3.8) is 0 Å². The van der Waals surface area contributed by atoms with E-state index in [1.165, 1.54) is 15.9 Å². The van der Waals surface area contributed by atoms with Gasteiger partial charge in [-0.1, -0.05) is 98.4 Å². The van der Waals surface area contributed by atoms with Gasteiger partial charge in [0.05, 0.1) is 0 Å². The summed E-state index contributed by atoms with van der Waals surface area (Å²) in [5.41, 5.74) is 3.63. The number of nitrogens with one attached hydrogen (secondary N) is 2. The van der Waals surface area contributed by atoms with Gasteiger partial charge in [-0.2, -0.15) is 0 Å². The molecule has 0 aliphatic carbocycles. The maximum absolute atomic E-state index is 7.86. The van der Waals surface area contributed by atoms with Gasteiger partial charge in [0.25, 0.3) is 10.3 Å². The maximum atomic E-state index is 7.86. The summed E-state index contributed by atoms with van der Waals surface area (Å²) in [6, 6.07) is 32.3. The Morgan fingerprint density at radius 1 is 0.600 bits per heavy atom. The van der Waals surface area contributed by atoms with E-state index in [-0.39, 0.29) is 17.8 Å². The van der Waals surface area contributed by atoms with Gasteiger partial charge < -0.3 is 10.2 Å². The Kier molecular flexibility index (Phi) is 14.8. The number of nitrogens with two attached hydrogens (primary N) is 2. The van der Waals surface area contributed by atoms with Crippen LogP contribution < -0.4 is 38.5 Å². The fourth-order valence-corrected chi connectivity index (χ4v) is 4.48. The van der Waals surface area contributed by atoms with Crippen LogP contribution in [0.25, 0.3) is 0 Å². The molecule has 0 aliphatic rings. The van der Waals surface area contributed by atoms with Crippen molar-refractivity contribution in [3.05, 3.63) is 91.0 Å². The van der Waals surface area contributed by atoms with E-state index in [0.717, 1.165) is 0 Å². The zero-order valence-electron chi connectivity index (χ0n) is 15.5. The van der Waals surface area contributed by atoms with E-state index in [0.29, 0.717) is 0 Å². The average Bonchev–Trinajstić information content (AvgIpc) is 2.77. The second kappa shape index (κ2) is 16.2. The molecule has 0 saturated heterocycles. The lowest BCUT2D eigenvalue weighted by molar-refractivity contribution is 0.534. The smallest absolute Gasteiger partial charge is 0.268 e. The average molecular weight is 463 g/mol. The Morgan fingerprint density at radius 3 is 0.967 bits per heavy atom. The minimum atomic E-state index is -0.446. The van der Waals surface area contributed by atoms with Gasteiger partial charge in [-0.25, -0.2) is 11.7 Å². The third-order valence-corrected chi connectivity index (χ3v) is 5.97. The molecule has 9 heteroatoms. The van der Waals surface area contributed by atoms with Crippen LogP contribution in [0, 0.1) is 0 Å². The molecule has 0 unspecified atom stereocenters. The molecule has 30 heavy (non-hydrogen) atoms. The summed E-state index contributed by atoms with van der Waals surface area (Å²) in [6.45, 7) is 0. The van der Waals surface area contributed by atoms with Gasteiger partial charge in [0.2, 0.25) is 0 Å². The molecule has 0 fully saturated rings. The highest BCUT2D eigenvalue weighted by Crippen LogP contribution is 2.32. The number of hydrazine groups is 2. The third kappa shape index (κ3) is 10.8. The van der Waals surface area contributed by atoms with Gasteiger partial charge in [0.1, 0.15) is 0 Å². The van der Waals surface area contributed by atoms with Crippen molar-refractivity contribution in [1.29, 1.82) is 0 Å². The van der Waals surface area contributed by atoms with Crippen LogP contribution in [0.2, 0.25) is 0 Å². The number of hydrogen-bond donors (Lipinski definition) is 6. The predicted octanol–water partition coefficient (Wildman–Crippen LogP) is 2.67. The first-order chi connectivity index (χ1) is 14.0. The largest absolute Gasteiger partial charge is 0.486 e. The lowest BCUT2D eigenvalue weighted by Crippen LogP contribution is -2.27. The minimum Gasteiger partial charge on any atom is -0.486 e. The quantitative estimate of drug-likeness (QED) is 0.152. The lowest BCUT2D eigenvalue weighted by Gasteiger charge is -2.18. The second-order valence-electron chi connectivity index (χ2n) is 5.24. The number of aliphatic hydroxyl groups excluding tert-OH is 2. The molecular weight excluding hydrogens is 435 g/mol. The van der Waals surface area contributed by atoms with Gasteiger partial charge >= 0.3 is 0 Å². The lowest BCUT2D eigenvalue weighted by atomic mass is 10.4. The van der Waals surface area contributed by atoms with Crippen LogP contribution >= 0.6 is 32.4 Å². The predicted molar refractivity (Wildman–Crippen MR) is 137 cm³/mol. The SMILES string of the molecule is C.NNC(O)=S.NNC(O)=S.c1ccc(P(c2ccccc2)c2ccccc2)cc1. The highest BCUT2D eigenvalue weighted by Gasteiger charge is 2.14. The first-order valence-electron chi connectivity index (χ1n) is 8.34. The molecule has 0 bridgehead atoms. The van der Waals surface area contributed by atoms with Crippen molar-refractivity contribution in [2.24, 2.45) is 11.7 Å².